The van der Waals surface area contributed by atoms with Crippen LogP contribution in [-0.4, -0.2) is 16.2 Å². The highest BCUT2D eigenvalue weighted by Crippen LogP contribution is 2.34. The molecule has 3 heterocycles. The number of para-hydroxylation sites is 2. The topological polar surface area (TPSA) is 52.8 Å². The number of nitrogens with zero attached hydrogens (tertiary/aromatic N) is 2. The van der Waals surface area contributed by atoms with E-state index in [1.165, 1.54) is 11.3 Å². The van der Waals surface area contributed by atoms with Crippen molar-refractivity contribution in [1.29, 1.82) is 0 Å². The Morgan fingerprint density at radius 1 is 1.21 bits per heavy atom. The third-order valence-corrected chi connectivity index (χ3v) is 5.16. The number of imidazole rings is 1. The lowest BCUT2D eigenvalue weighted by Gasteiger charge is -2.02. The number of ether oxygens (including phenoxy) is 2. The first-order chi connectivity index (χ1) is 11.7. The maximum atomic E-state index is 12.8. The van der Waals surface area contributed by atoms with Crippen molar-refractivity contribution in [2.45, 2.75) is 6.92 Å². The van der Waals surface area contributed by atoms with E-state index >= 15 is 0 Å². The summed E-state index contributed by atoms with van der Waals surface area (Å²) >= 11 is 1.40. The molecule has 5 rings (SSSR count). The lowest BCUT2D eigenvalue weighted by molar-refractivity contribution is 0.174. The molecule has 24 heavy (non-hydrogen) atoms. The molecule has 0 N–H and O–H groups in total. The van der Waals surface area contributed by atoms with Gasteiger partial charge in [0.05, 0.1) is 15.6 Å². The molecular weight excluding hydrogens is 324 g/mol. The minimum absolute atomic E-state index is 0.0410. The second-order valence-corrected chi connectivity index (χ2v) is 6.71. The molecule has 6 heteroatoms. The third-order valence-electron chi connectivity index (χ3n) is 4.19. The van der Waals surface area contributed by atoms with Crippen molar-refractivity contribution < 1.29 is 9.47 Å². The number of thiazole rings is 1. The number of aromatic nitrogens is 2. The summed E-state index contributed by atoms with van der Waals surface area (Å²) in [6.07, 6.45) is 1.90. The quantitative estimate of drug-likeness (QED) is 0.536. The molecule has 0 atom stereocenters. The average molecular weight is 336 g/mol. The standard InChI is InChI=1S/C18H12N2O3S/c1-10-6-14-15(23-9-22-14)7-11(10)8-16-17(21)20-13-5-3-2-4-12(13)19-18(20)24-16/h2-8H,9H2,1H3/b16-8-. The van der Waals surface area contributed by atoms with Gasteiger partial charge in [0.1, 0.15) is 0 Å². The van der Waals surface area contributed by atoms with Gasteiger partial charge >= 0.3 is 0 Å². The van der Waals surface area contributed by atoms with E-state index in [9.17, 15) is 4.79 Å². The second-order valence-electron chi connectivity index (χ2n) is 5.70. The van der Waals surface area contributed by atoms with Gasteiger partial charge in [0.2, 0.25) is 6.79 Å². The first-order valence-corrected chi connectivity index (χ1v) is 8.34. The van der Waals surface area contributed by atoms with Gasteiger partial charge in [-0.1, -0.05) is 23.5 Å². The van der Waals surface area contributed by atoms with Crippen LogP contribution in [0.15, 0.2) is 41.2 Å². The molecule has 118 valence electrons. The van der Waals surface area contributed by atoms with Gasteiger partial charge in [-0.25, -0.2) is 9.38 Å². The number of benzene rings is 2. The molecular formula is C18H12N2O3S. The normalized spacial score (nSPS) is 14.1. The van der Waals surface area contributed by atoms with Gasteiger partial charge in [0, 0.05) is 0 Å². The molecule has 0 aliphatic carbocycles. The van der Waals surface area contributed by atoms with Crippen LogP contribution < -0.4 is 19.6 Å². The van der Waals surface area contributed by atoms with E-state index in [1.807, 2.05) is 49.4 Å². The Balaban J connectivity index is 1.76. The van der Waals surface area contributed by atoms with E-state index in [1.54, 1.807) is 4.40 Å². The van der Waals surface area contributed by atoms with Crippen molar-refractivity contribution in [3.05, 3.63) is 62.4 Å². The van der Waals surface area contributed by atoms with E-state index in [0.717, 1.165) is 27.9 Å². The van der Waals surface area contributed by atoms with E-state index < -0.39 is 0 Å². The summed E-state index contributed by atoms with van der Waals surface area (Å²) in [5.41, 5.74) is 3.63. The summed E-state index contributed by atoms with van der Waals surface area (Å²) in [7, 11) is 0. The third kappa shape index (κ3) is 1.86. The monoisotopic (exact) mass is 336 g/mol. The number of rotatable bonds is 1. The average Bonchev–Trinajstić information content (AvgIpc) is 3.23. The first kappa shape index (κ1) is 13.6. The van der Waals surface area contributed by atoms with Gasteiger partial charge in [-0.05, 0) is 48.4 Å². The van der Waals surface area contributed by atoms with Crippen LogP contribution in [0.2, 0.25) is 0 Å². The Morgan fingerprint density at radius 2 is 2.00 bits per heavy atom. The maximum Gasteiger partial charge on any atom is 0.274 e. The summed E-state index contributed by atoms with van der Waals surface area (Å²) in [5, 5.41) is 0. The van der Waals surface area contributed by atoms with Crippen LogP contribution in [-0.2, 0) is 0 Å². The van der Waals surface area contributed by atoms with Gasteiger partial charge in [-0.15, -0.1) is 0 Å². The molecule has 0 saturated carbocycles. The SMILES string of the molecule is Cc1cc2c(cc1/C=c1\sc3nc4ccccc4n3c1=O)OCO2. The highest BCUT2D eigenvalue weighted by atomic mass is 32.1. The molecule has 2 aromatic carbocycles. The lowest BCUT2D eigenvalue weighted by Crippen LogP contribution is -2.22. The highest BCUT2D eigenvalue weighted by Gasteiger charge is 2.16. The fourth-order valence-electron chi connectivity index (χ4n) is 2.97. The van der Waals surface area contributed by atoms with Crippen LogP contribution in [0.3, 0.4) is 0 Å². The fraction of sp³-hybridized carbons (Fsp3) is 0.111. The van der Waals surface area contributed by atoms with Crippen molar-refractivity contribution in [3.63, 3.8) is 0 Å². The molecule has 0 bridgehead atoms. The van der Waals surface area contributed by atoms with Crippen molar-refractivity contribution in [1.82, 2.24) is 9.38 Å². The zero-order valence-corrected chi connectivity index (χ0v) is 13.6. The van der Waals surface area contributed by atoms with Crippen LogP contribution in [0.25, 0.3) is 22.1 Å². The molecule has 4 aromatic rings. The van der Waals surface area contributed by atoms with E-state index in [-0.39, 0.29) is 12.4 Å². The summed E-state index contributed by atoms with van der Waals surface area (Å²) in [5.74, 6) is 1.46. The van der Waals surface area contributed by atoms with Gasteiger partial charge in [0.25, 0.3) is 5.56 Å². The molecule has 2 aromatic heterocycles. The predicted molar refractivity (Wildman–Crippen MR) is 92.9 cm³/mol. The largest absolute Gasteiger partial charge is 0.454 e. The molecule has 1 aliphatic heterocycles. The Morgan fingerprint density at radius 3 is 2.88 bits per heavy atom. The number of aryl methyl sites for hydroxylation is 1. The number of hydrogen-bond donors (Lipinski definition) is 0. The van der Waals surface area contributed by atoms with E-state index in [0.29, 0.717) is 15.2 Å². The summed E-state index contributed by atoms with van der Waals surface area (Å²) in [4.78, 5) is 18.0. The van der Waals surface area contributed by atoms with Crippen LogP contribution in [0.1, 0.15) is 11.1 Å². The molecule has 0 unspecified atom stereocenters. The van der Waals surface area contributed by atoms with Crippen LogP contribution in [0.4, 0.5) is 0 Å². The summed E-state index contributed by atoms with van der Waals surface area (Å²) in [6.45, 7) is 2.23. The van der Waals surface area contributed by atoms with Gasteiger partial charge in [-0.3, -0.25) is 4.79 Å². The molecule has 0 fully saturated rings. The Hall–Kier alpha value is -2.86. The molecule has 0 amide bonds. The van der Waals surface area contributed by atoms with Crippen molar-refractivity contribution in [2.75, 3.05) is 6.79 Å². The van der Waals surface area contributed by atoms with Crippen LogP contribution >= 0.6 is 11.3 Å². The molecule has 5 nitrogen and oxygen atoms in total. The molecule has 0 spiro atoms. The second kappa shape index (κ2) is 4.82. The summed E-state index contributed by atoms with van der Waals surface area (Å²) in [6, 6.07) is 11.5. The lowest BCUT2D eigenvalue weighted by atomic mass is 10.1. The van der Waals surface area contributed by atoms with Crippen LogP contribution in [0.5, 0.6) is 11.5 Å². The molecule has 1 aliphatic rings. The number of hydrogen-bond acceptors (Lipinski definition) is 5. The fourth-order valence-corrected chi connectivity index (χ4v) is 3.95. The van der Waals surface area contributed by atoms with Gasteiger partial charge in [-0.2, -0.15) is 0 Å². The van der Waals surface area contributed by atoms with Gasteiger partial charge in [0.15, 0.2) is 16.5 Å². The molecule has 0 saturated heterocycles. The molecule has 0 radical (unpaired) electrons. The first-order valence-electron chi connectivity index (χ1n) is 7.53. The highest BCUT2D eigenvalue weighted by molar-refractivity contribution is 7.15. The Bertz CT molecular complexity index is 1220. The smallest absolute Gasteiger partial charge is 0.274 e. The maximum absolute atomic E-state index is 12.8. The predicted octanol–water partition coefficient (Wildman–Crippen LogP) is 2.49. The number of fused-ring (bicyclic) bond motifs is 4. The Kier molecular flexibility index (Phi) is 2.72. The summed E-state index contributed by atoms with van der Waals surface area (Å²) < 4.78 is 13.1. The van der Waals surface area contributed by atoms with Gasteiger partial charge < -0.3 is 9.47 Å². The zero-order chi connectivity index (χ0) is 16.3. The van der Waals surface area contributed by atoms with E-state index in [4.69, 9.17) is 9.47 Å². The zero-order valence-electron chi connectivity index (χ0n) is 12.8. The van der Waals surface area contributed by atoms with Crippen molar-refractivity contribution in [3.8, 4) is 11.5 Å². The minimum Gasteiger partial charge on any atom is -0.454 e. The minimum atomic E-state index is -0.0410. The van der Waals surface area contributed by atoms with Crippen molar-refractivity contribution in [2.24, 2.45) is 0 Å². The van der Waals surface area contributed by atoms with E-state index in [2.05, 4.69) is 4.98 Å². The van der Waals surface area contributed by atoms with Crippen LogP contribution in [0, 0.1) is 6.92 Å². The Labute approximate surface area is 140 Å². The van der Waals surface area contributed by atoms with Crippen molar-refractivity contribution >= 4 is 33.4 Å².